The average molecular weight is 358 g/mol. The average Bonchev–Trinajstić information content (AvgIpc) is 2.98. The zero-order chi connectivity index (χ0) is 17.4. The molecule has 1 N–H and O–H groups in total. The van der Waals surface area contributed by atoms with Crippen LogP contribution in [0.1, 0.15) is 16.8 Å². The second-order valence-electron chi connectivity index (χ2n) is 6.41. The highest BCUT2D eigenvalue weighted by molar-refractivity contribution is 7.89. The van der Waals surface area contributed by atoms with Gasteiger partial charge in [-0.05, 0) is 42.2 Å². The Bertz CT molecular complexity index is 1010. The molecule has 1 aliphatic rings. The van der Waals surface area contributed by atoms with E-state index in [1.807, 2.05) is 30.3 Å². The van der Waals surface area contributed by atoms with Crippen LogP contribution in [-0.4, -0.2) is 30.0 Å². The van der Waals surface area contributed by atoms with Crippen LogP contribution in [0.3, 0.4) is 0 Å². The number of hydrogen-bond donors (Lipinski definition) is 1. The Hall–Kier alpha value is -2.18. The molecular formula is C19H19FN2O2S. The third-order valence-electron chi connectivity index (χ3n) is 4.79. The van der Waals surface area contributed by atoms with Gasteiger partial charge in [0.05, 0.1) is 12.3 Å². The molecule has 0 aliphatic carbocycles. The van der Waals surface area contributed by atoms with Gasteiger partial charge in [0.2, 0.25) is 10.0 Å². The SMILES string of the molecule is O=S(=O)(CCc1ccccc1)N1CCc2c([nH]c3ccc(F)cc23)C1. The second-order valence-corrected chi connectivity index (χ2v) is 8.50. The Labute approximate surface area is 146 Å². The summed E-state index contributed by atoms with van der Waals surface area (Å²) in [5, 5.41) is 0.858. The van der Waals surface area contributed by atoms with Crippen LogP contribution in [0.15, 0.2) is 48.5 Å². The first-order valence-corrected chi connectivity index (χ1v) is 9.94. The molecule has 0 spiro atoms. The summed E-state index contributed by atoms with van der Waals surface area (Å²) in [5.41, 5.74) is 3.78. The van der Waals surface area contributed by atoms with E-state index in [0.717, 1.165) is 27.7 Å². The Balaban J connectivity index is 1.54. The van der Waals surface area contributed by atoms with Gasteiger partial charge >= 0.3 is 0 Å². The summed E-state index contributed by atoms with van der Waals surface area (Å²) in [6.45, 7) is 0.760. The highest BCUT2D eigenvalue weighted by Gasteiger charge is 2.28. The van der Waals surface area contributed by atoms with Crippen LogP contribution >= 0.6 is 0 Å². The van der Waals surface area contributed by atoms with E-state index < -0.39 is 10.0 Å². The number of fused-ring (bicyclic) bond motifs is 3. The number of rotatable bonds is 4. The molecule has 3 aromatic rings. The molecule has 0 fully saturated rings. The van der Waals surface area contributed by atoms with Crippen molar-refractivity contribution in [3.8, 4) is 0 Å². The van der Waals surface area contributed by atoms with Gasteiger partial charge in [0, 0.05) is 23.1 Å². The number of aryl methyl sites for hydroxylation is 1. The summed E-state index contributed by atoms with van der Waals surface area (Å²) in [4.78, 5) is 3.25. The summed E-state index contributed by atoms with van der Waals surface area (Å²) in [5.74, 6) is -0.173. The van der Waals surface area contributed by atoms with E-state index in [9.17, 15) is 12.8 Å². The molecule has 1 aromatic heterocycles. The molecule has 0 amide bonds. The van der Waals surface area contributed by atoms with Gasteiger partial charge in [-0.1, -0.05) is 30.3 Å². The van der Waals surface area contributed by atoms with Crippen molar-refractivity contribution in [3.63, 3.8) is 0 Å². The molecule has 1 aliphatic heterocycles. The quantitative estimate of drug-likeness (QED) is 0.778. The van der Waals surface area contributed by atoms with Crippen molar-refractivity contribution < 1.29 is 12.8 Å². The van der Waals surface area contributed by atoms with Crippen LogP contribution in [0.25, 0.3) is 10.9 Å². The van der Waals surface area contributed by atoms with Gasteiger partial charge in [-0.3, -0.25) is 0 Å². The van der Waals surface area contributed by atoms with E-state index in [1.54, 1.807) is 6.07 Å². The number of hydrogen-bond acceptors (Lipinski definition) is 2. The fourth-order valence-corrected chi connectivity index (χ4v) is 4.89. The molecule has 0 saturated heterocycles. The minimum atomic E-state index is -3.33. The fraction of sp³-hybridized carbons (Fsp3) is 0.263. The van der Waals surface area contributed by atoms with Gasteiger partial charge in [-0.15, -0.1) is 0 Å². The van der Waals surface area contributed by atoms with Crippen molar-refractivity contribution in [2.75, 3.05) is 12.3 Å². The zero-order valence-electron chi connectivity index (χ0n) is 13.7. The molecule has 0 saturated carbocycles. The molecule has 0 atom stereocenters. The normalized spacial score (nSPS) is 15.4. The lowest BCUT2D eigenvalue weighted by molar-refractivity contribution is 0.388. The van der Waals surface area contributed by atoms with Crippen LogP contribution in [-0.2, 0) is 29.4 Å². The standard InChI is InChI=1S/C19H19FN2O2S/c20-15-6-7-18-17(12-15)16-8-10-22(13-19(16)21-18)25(23,24)11-9-14-4-2-1-3-5-14/h1-7,12,21H,8-11,13H2. The lowest BCUT2D eigenvalue weighted by Gasteiger charge is -2.26. The van der Waals surface area contributed by atoms with Crippen LogP contribution < -0.4 is 0 Å². The van der Waals surface area contributed by atoms with Crippen molar-refractivity contribution in [2.45, 2.75) is 19.4 Å². The van der Waals surface area contributed by atoms with Crippen LogP contribution in [0.2, 0.25) is 0 Å². The van der Waals surface area contributed by atoms with Gasteiger partial charge in [-0.2, -0.15) is 4.31 Å². The third-order valence-corrected chi connectivity index (χ3v) is 6.61. The number of nitrogens with zero attached hydrogens (tertiary/aromatic N) is 1. The van der Waals surface area contributed by atoms with Crippen LogP contribution in [0, 0.1) is 5.82 Å². The number of nitrogens with one attached hydrogen (secondary N) is 1. The van der Waals surface area contributed by atoms with E-state index in [1.165, 1.54) is 16.4 Å². The first kappa shape index (κ1) is 16.3. The predicted octanol–water partition coefficient (Wildman–Crippen LogP) is 3.24. The third kappa shape index (κ3) is 3.19. The monoisotopic (exact) mass is 358 g/mol. The number of halogens is 1. The van der Waals surface area contributed by atoms with E-state index in [4.69, 9.17) is 0 Å². The van der Waals surface area contributed by atoms with Gasteiger partial charge in [0.15, 0.2) is 0 Å². The molecule has 0 unspecified atom stereocenters. The molecule has 4 nitrogen and oxygen atoms in total. The number of aromatic nitrogens is 1. The zero-order valence-corrected chi connectivity index (χ0v) is 14.5. The molecule has 0 radical (unpaired) electrons. The van der Waals surface area contributed by atoms with E-state index in [0.29, 0.717) is 25.9 Å². The minimum Gasteiger partial charge on any atom is -0.357 e. The molecule has 130 valence electrons. The highest BCUT2D eigenvalue weighted by Crippen LogP contribution is 2.29. The van der Waals surface area contributed by atoms with Gasteiger partial charge in [0.25, 0.3) is 0 Å². The summed E-state index contributed by atoms with van der Waals surface area (Å²) in [6, 6.07) is 14.3. The van der Waals surface area contributed by atoms with Crippen molar-refractivity contribution in [3.05, 3.63) is 71.2 Å². The molecular weight excluding hydrogens is 339 g/mol. The lowest BCUT2D eigenvalue weighted by atomic mass is 10.0. The summed E-state index contributed by atoms with van der Waals surface area (Å²) in [6.07, 6.45) is 1.10. The lowest BCUT2D eigenvalue weighted by Crippen LogP contribution is -2.37. The maximum atomic E-state index is 13.5. The largest absolute Gasteiger partial charge is 0.357 e. The highest BCUT2D eigenvalue weighted by atomic mass is 32.2. The van der Waals surface area contributed by atoms with Gasteiger partial charge < -0.3 is 4.98 Å². The Morgan fingerprint density at radius 1 is 1.12 bits per heavy atom. The number of H-pyrrole nitrogens is 1. The molecule has 0 bridgehead atoms. The fourth-order valence-electron chi connectivity index (χ4n) is 3.45. The Kier molecular flexibility index (Phi) is 4.09. The maximum absolute atomic E-state index is 13.5. The summed E-state index contributed by atoms with van der Waals surface area (Å²) >= 11 is 0. The molecule has 25 heavy (non-hydrogen) atoms. The van der Waals surface area contributed by atoms with Crippen molar-refractivity contribution in [1.29, 1.82) is 0 Å². The number of benzene rings is 2. The van der Waals surface area contributed by atoms with Crippen LogP contribution in [0.5, 0.6) is 0 Å². The van der Waals surface area contributed by atoms with Gasteiger partial charge in [0.1, 0.15) is 5.82 Å². The predicted molar refractivity (Wildman–Crippen MR) is 96.3 cm³/mol. The number of sulfonamides is 1. The second kappa shape index (κ2) is 6.28. The first-order chi connectivity index (χ1) is 12.0. The maximum Gasteiger partial charge on any atom is 0.214 e. The molecule has 4 rings (SSSR count). The van der Waals surface area contributed by atoms with E-state index >= 15 is 0 Å². The molecule has 6 heteroatoms. The number of aromatic amines is 1. The van der Waals surface area contributed by atoms with Gasteiger partial charge in [-0.25, -0.2) is 12.8 Å². The van der Waals surface area contributed by atoms with Crippen molar-refractivity contribution in [1.82, 2.24) is 9.29 Å². The van der Waals surface area contributed by atoms with Crippen LogP contribution in [0.4, 0.5) is 4.39 Å². The minimum absolute atomic E-state index is 0.0984. The Morgan fingerprint density at radius 3 is 2.72 bits per heavy atom. The summed E-state index contributed by atoms with van der Waals surface area (Å²) in [7, 11) is -3.33. The smallest absolute Gasteiger partial charge is 0.214 e. The summed E-state index contributed by atoms with van der Waals surface area (Å²) < 4.78 is 40.4. The van der Waals surface area contributed by atoms with E-state index in [2.05, 4.69) is 4.98 Å². The topological polar surface area (TPSA) is 53.2 Å². The molecule has 2 heterocycles. The van der Waals surface area contributed by atoms with Crippen molar-refractivity contribution in [2.24, 2.45) is 0 Å². The Morgan fingerprint density at radius 2 is 1.92 bits per heavy atom. The van der Waals surface area contributed by atoms with Crippen molar-refractivity contribution >= 4 is 20.9 Å². The molecule has 2 aromatic carbocycles. The van der Waals surface area contributed by atoms with E-state index in [-0.39, 0.29) is 11.6 Å². The first-order valence-electron chi connectivity index (χ1n) is 8.34.